The number of hydrogen-bond acceptors (Lipinski definition) is 3. The summed E-state index contributed by atoms with van der Waals surface area (Å²) in [6.45, 7) is 7.50. The molecule has 0 amide bonds. The number of ketones is 1. The van der Waals surface area contributed by atoms with Gasteiger partial charge in [0, 0.05) is 30.2 Å². The van der Waals surface area contributed by atoms with E-state index in [1.165, 1.54) is 6.08 Å². The van der Waals surface area contributed by atoms with Crippen molar-refractivity contribution in [3.05, 3.63) is 47.0 Å². The highest BCUT2D eigenvalue weighted by Gasteiger charge is 2.15. The molecule has 0 N–H and O–H groups in total. The van der Waals surface area contributed by atoms with Crippen molar-refractivity contribution in [3.8, 4) is 0 Å². The topological polar surface area (TPSA) is 29.5 Å². The van der Waals surface area contributed by atoms with Gasteiger partial charge in [0.2, 0.25) is 0 Å². The number of halogens is 2. The molecule has 1 aliphatic heterocycles. The van der Waals surface area contributed by atoms with Gasteiger partial charge in [0.15, 0.2) is 5.78 Å². The summed E-state index contributed by atoms with van der Waals surface area (Å²) in [5.74, 6) is -0.0603. The third-order valence-corrected chi connectivity index (χ3v) is 3.25. The molecular formula is C14H17Cl2NO2. The number of allylic oxidation sites excluding steroid dienone is 1. The lowest BCUT2D eigenvalue weighted by atomic mass is 10.0. The van der Waals surface area contributed by atoms with Crippen molar-refractivity contribution in [2.75, 3.05) is 26.3 Å². The van der Waals surface area contributed by atoms with E-state index in [2.05, 4.69) is 11.5 Å². The Hall–Kier alpha value is -0.870. The van der Waals surface area contributed by atoms with E-state index in [1.807, 2.05) is 6.07 Å². The van der Waals surface area contributed by atoms with Crippen molar-refractivity contribution < 1.29 is 9.53 Å². The quantitative estimate of drug-likeness (QED) is 0.632. The maximum Gasteiger partial charge on any atom is 0.185 e. The van der Waals surface area contributed by atoms with Crippen molar-refractivity contribution >= 4 is 29.8 Å². The van der Waals surface area contributed by atoms with E-state index >= 15 is 0 Å². The van der Waals surface area contributed by atoms with Gasteiger partial charge in [-0.1, -0.05) is 18.2 Å². The third kappa shape index (κ3) is 4.32. The fourth-order valence-corrected chi connectivity index (χ4v) is 2.24. The Bertz CT molecular complexity index is 457. The van der Waals surface area contributed by atoms with E-state index in [9.17, 15) is 4.79 Å². The van der Waals surface area contributed by atoms with Gasteiger partial charge < -0.3 is 4.74 Å². The molecule has 104 valence electrons. The molecule has 0 bridgehead atoms. The molecule has 0 spiro atoms. The van der Waals surface area contributed by atoms with Crippen molar-refractivity contribution in [2.24, 2.45) is 0 Å². The number of benzene rings is 1. The van der Waals surface area contributed by atoms with Crippen LogP contribution in [0.4, 0.5) is 0 Å². The normalized spacial score (nSPS) is 15.6. The monoisotopic (exact) mass is 301 g/mol. The summed E-state index contributed by atoms with van der Waals surface area (Å²) in [5, 5.41) is 0.652. The van der Waals surface area contributed by atoms with E-state index < -0.39 is 0 Å². The molecule has 3 nitrogen and oxygen atoms in total. The van der Waals surface area contributed by atoms with E-state index in [1.54, 1.807) is 12.1 Å². The van der Waals surface area contributed by atoms with Gasteiger partial charge in [-0.15, -0.1) is 12.4 Å². The first-order valence-corrected chi connectivity index (χ1v) is 6.34. The van der Waals surface area contributed by atoms with Gasteiger partial charge in [0.1, 0.15) is 0 Å². The average molecular weight is 302 g/mol. The molecular weight excluding hydrogens is 285 g/mol. The second kappa shape index (κ2) is 7.65. The molecule has 0 atom stereocenters. The van der Waals surface area contributed by atoms with Gasteiger partial charge >= 0.3 is 0 Å². The minimum absolute atomic E-state index is 0. The van der Waals surface area contributed by atoms with Crippen molar-refractivity contribution in [1.29, 1.82) is 0 Å². The first-order chi connectivity index (χ1) is 8.70. The van der Waals surface area contributed by atoms with Crippen LogP contribution in [0.3, 0.4) is 0 Å². The minimum atomic E-state index is -0.0603. The van der Waals surface area contributed by atoms with Crippen LogP contribution < -0.4 is 0 Å². The molecule has 1 heterocycles. The zero-order chi connectivity index (χ0) is 13.0. The summed E-state index contributed by atoms with van der Waals surface area (Å²) in [4.78, 5) is 14.0. The van der Waals surface area contributed by atoms with E-state index in [0.29, 0.717) is 10.6 Å². The summed E-state index contributed by atoms with van der Waals surface area (Å²) >= 11 is 6.00. The molecule has 1 aromatic carbocycles. The second-order valence-electron chi connectivity index (χ2n) is 4.26. The minimum Gasteiger partial charge on any atom is -0.379 e. The number of carbonyl (C=O) groups is 1. The molecule has 0 unspecified atom stereocenters. The van der Waals surface area contributed by atoms with Crippen LogP contribution in [0.15, 0.2) is 30.9 Å². The first kappa shape index (κ1) is 16.2. The lowest BCUT2D eigenvalue weighted by Gasteiger charge is -2.27. The standard InChI is InChI=1S/C14H16ClNO2.ClH/c1-2-14(17)13-4-3-12(15)9-11(13)10-16-5-7-18-8-6-16;/h2-4,9H,1,5-8,10H2;1H. The summed E-state index contributed by atoms with van der Waals surface area (Å²) in [7, 11) is 0. The van der Waals surface area contributed by atoms with E-state index in [0.717, 1.165) is 38.4 Å². The maximum atomic E-state index is 11.8. The highest BCUT2D eigenvalue weighted by Crippen LogP contribution is 2.19. The lowest BCUT2D eigenvalue weighted by Crippen LogP contribution is -2.36. The van der Waals surface area contributed by atoms with E-state index in [4.69, 9.17) is 16.3 Å². The van der Waals surface area contributed by atoms with Crippen LogP contribution in [-0.2, 0) is 11.3 Å². The zero-order valence-corrected chi connectivity index (χ0v) is 12.2. The lowest BCUT2D eigenvalue weighted by molar-refractivity contribution is 0.0341. The summed E-state index contributed by atoms with van der Waals surface area (Å²) < 4.78 is 5.31. The number of ether oxygens (including phenoxy) is 1. The molecule has 19 heavy (non-hydrogen) atoms. The predicted octanol–water partition coefficient (Wildman–Crippen LogP) is 2.96. The van der Waals surface area contributed by atoms with Gasteiger partial charge in [0.25, 0.3) is 0 Å². The molecule has 1 fully saturated rings. The third-order valence-electron chi connectivity index (χ3n) is 3.02. The Labute approximate surface area is 124 Å². The van der Waals surface area contributed by atoms with Crippen LogP contribution in [0.1, 0.15) is 15.9 Å². The Morgan fingerprint density at radius 2 is 2.11 bits per heavy atom. The van der Waals surface area contributed by atoms with Gasteiger partial charge in [-0.25, -0.2) is 0 Å². The largest absolute Gasteiger partial charge is 0.379 e. The van der Waals surface area contributed by atoms with Gasteiger partial charge in [0.05, 0.1) is 13.2 Å². The number of carbonyl (C=O) groups excluding carboxylic acids is 1. The van der Waals surface area contributed by atoms with Crippen LogP contribution in [0.5, 0.6) is 0 Å². The fraction of sp³-hybridized carbons (Fsp3) is 0.357. The summed E-state index contributed by atoms with van der Waals surface area (Å²) in [5.41, 5.74) is 1.63. The van der Waals surface area contributed by atoms with Crippen molar-refractivity contribution in [3.63, 3.8) is 0 Å². The van der Waals surface area contributed by atoms with Crippen LogP contribution in [-0.4, -0.2) is 37.0 Å². The second-order valence-corrected chi connectivity index (χ2v) is 4.69. The molecule has 2 rings (SSSR count). The first-order valence-electron chi connectivity index (χ1n) is 5.96. The van der Waals surface area contributed by atoms with Gasteiger partial charge in [-0.2, -0.15) is 0 Å². The molecule has 0 aromatic heterocycles. The fourth-order valence-electron chi connectivity index (χ4n) is 2.04. The Morgan fingerprint density at radius 1 is 1.42 bits per heavy atom. The molecule has 0 radical (unpaired) electrons. The van der Waals surface area contributed by atoms with Crippen molar-refractivity contribution in [1.82, 2.24) is 4.90 Å². The number of hydrogen-bond donors (Lipinski definition) is 0. The summed E-state index contributed by atoms with van der Waals surface area (Å²) in [6.07, 6.45) is 1.34. The average Bonchev–Trinajstić information content (AvgIpc) is 2.39. The highest BCUT2D eigenvalue weighted by molar-refractivity contribution is 6.30. The Kier molecular flexibility index (Phi) is 6.52. The smallest absolute Gasteiger partial charge is 0.185 e. The van der Waals surface area contributed by atoms with Crippen LogP contribution in [0, 0.1) is 0 Å². The number of morpholine rings is 1. The van der Waals surface area contributed by atoms with Crippen molar-refractivity contribution in [2.45, 2.75) is 6.54 Å². The van der Waals surface area contributed by atoms with Crippen LogP contribution >= 0.6 is 24.0 Å². The SMILES string of the molecule is C=CC(=O)c1ccc(Cl)cc1CN1CCOCC1.Cl. The number of rotatable bonds is 4. The van der Waals surface area contributed by atoms with Crippen LogP contribution in [0.25, 0.3) is 0 Å². The molecule has 0 saturated carbocycles. The molecule has 0 aliphatic carbocycles. The van der Waals surface area contributed by atoms with Gasteiger partial charge in [-0.05, 0) is 29.8 Å². The number of nitrogens with zero attached hydrogens (tertiary/aromatic N) is 1. The Morgan fingerprint density at radius 3 is 2.74 bits per heavy atom. The predicted molar refractivity (Wildman–Crippen MR) is 79.3 cm³/mol. The maximum absolute atomic E-state index is 11.8. The van der Waals surface area contributed by atoms with E-state index in [-0.39, 0.29) is 18.2 Å². The Balaban J connectivity index is 0.00000180. The molecule has 1 aromatic rings. The summed E-state index contributed by atoms with van der Waals surface area (Å²) in [6, 6.07) is 5.36. The molecule has 1 saturated heterocycles. The molecule has 5 heteroatoms. The highest BCUT2D eigenvalue weighted by atomic mass is 35.5. The zero-order valence-electron chi connectivity index (χ0n) is 10.6. The van der Waals surface area contributed by atoms with Gasteiger partial charge in [-0.3, -0.25) is 9.69 Å². The molecule has 1 aliphatic rings. The van der Waals surface area contributed by atoms with Crippen LogP contribution in [0.2, 0.25) is 5.02 Å².